The molecule has 0 spiro atoms. The average Bonchev–Trinajstić information content (AvgIpc) is 2.91. The molecule has 1 amide bonds. The summed E-state index contributed by atoms with van der Waals surface area (Å²) < 4.78 is 11.0. The predicted octanol–water partition coefficient (Wildman–Crippen LogP) is 3.77. The Bertz CT molecular complexity index is 572. The van der Waals surface area contributed by atoms with E-state index in [0.717, 1.165) is 36.1 Å². The van der Waals surface area contributed by atoms with E-state index >= 15 is 0 Å². The van der Waals surface area contributed by atoms with Gasteiger partial charge in [-0.15, -0.1) is 0 Å². The van der Waals surface area contributed by atoms with Gasteiger partial charge in [-0.2, -0.15) is 0 Å². The molecular formula is C16H19NO3. The van der Waals surface area contributed by atoms with Crippen LogP contribution in [-0.2, 0) is 4.74 Å². The molecular weight excluding hydrogens is 254 g/mol. The molecule has 0 aliphatic carbocycles. The van der Waals surface area contributed by atoms with Crippen LogP contribution in [0.4, 0.5) is 4.79 Å². The third-order valence-electron chi connectivity index (χ3n) is 3.79. The van der Waals surface area contributed by atoms with Crippen LogP contribution in [0.1, 0.15) is 31.4 Å². The number of carbonyl (C=O) groups excluding carboxylic acids is 1. The van der Waals surface area contributed by atoms with Gasteiger partial charge < -0.3 is 14.1 Å². The van der Waals surface area contributed by atoms with Crippen LogP contribution in [0, 0.1) is 0 Å². The maximum atomic E-state index is 11.8. The molecule has 1 aliphatic heterocycles. The summed E-state index contributed by atoms with van der Waals surface area (Å²) in [4.78, 5) is 13.6. The fraction of sp³-hybridized carbons (Fsp3) is 0.438. The Morgan fingerprint density at radius 3 is 3.10 bits per heavy atom. The first kappa shape index (κ1) is 13.0. The van der Waals surface area contributed by atoms with Crippen LogP contribution >= 0.6 is 0 Å². The maximum Gasteiger partial charge on any atom is 0.409 e. The number of amides is 1. The van der Waals surface area contributed by atoms with E-state index in [1.807, 2.05) is 31.2 Å². The second-order valence-corrected chi connectivity index (χ2v) is 5.17. The summed E-state index contributed by atoms with van der Waals surface area (Å²) in [5, 5.41) is 1.12. The minimum Gasteiger partial charge on any atom is -0.461 e. The molecule has 1 unspecified atom stereocenters. The Labute approximate surface area is 118 Å². The lowest BCUT2D eigenvalue weighted by Crippen LogP contribution is -2.39. The van der Waals surface area contributed by atoms with Gasteiger partial charge in [0, 0.05) is 24.4 Å². The summed E-state index contributed by atoms with van der Waals surface area (Å²) >= 11 is 0. The Balaban J connectivity index is 1.77. The molecule has 2 aromatic rings. The highest BCUT2D eigenvalue weighted by Gasteiger charge is 2.27. The number of benzene rings is 1. The second-order valence-electron chi connectivity index (χ2n) is 5.17. The van der Waals surface area contributed by atoms with Gasteiger partial charge in [0.1, 0.15) is 11.3 Å². The van der Waals surface area contributed by atoms with Crippen molar-refractivity contribution in [2.75, 3.05) is 19.7 Å². The van der Waals surface area contributed by atoms with Crippen molar-refractivity contribution < 1.29 is 13.9 Å². The summed E-state index contributed by atoms with van der Waals surface area (Å²) in [6.07, 6.45) is 1.82. The summed E-state index contributed by atoms with van der Waals surface area (Å²) in [5.41, 5.74) is 0.913. The molecule has 0 bridgehead atoms. The van der Waals surface area contributed by atoms with Crippen molar-refractivity contribution in [1.82, 2.24) is 4.90 Å². The van der Waals surface area contributed by atoms with E-state index in [-0.39, 0.29) is 12.0 Å². The summed E-state index contributed by atoms with van der Waals surface area (Å²) in [6.45, 7) is 3.71. The Kier molecular flexibility index (Phi) is 3.63. The van der Waals surface area contributed by atoms with E-state index in [9.17, 15) is 4.79 Å². The topological polar surface area (TPSA) is 42.7 Å². The fourth-order valence-corrected chi connectivity index (χ4v) is 2.79. The third kappa shape index (κ3) is 2.50. The van der Waals surface area contributed by atoms with Crippen LogP contribution in [0.2, 0.25) is 0 Å². The van der Waals surface area contributed by atoms with E-state index in [0.29, 0.717) is 13.2 Å². The third-order valence-corrected chi connectivity index (χ3v) is 3.79. The van der Waals surface area contributed by atoms with Crippen molar-refractivity contribution in [3.05, 3.63) is 36.1 Å². The molecule has 0 saturated carbocycles. The summed E-state index contributed by atoms with van der Waals surface area (Å²) in [6, 6.07) is 10.1. The second kappa shape index (κ2) is 5.57. The standard InChI is InChI=1S/C16H19NO3/c1-2-19-16(18)17-9-5-7-13(11-17)15-10-12-6-3-4-8-14(12)20-15/h3-4,6,8,10,13H,2,5,7,9,11H2,1H3. The van der Waals surface area contributed by atoms with Gasteiger partial charge in [0.05, 0.1) is 6.61 Å². The lowest BCUT2D eigenvalue weighted by molar-refractivity contribution is 0.0943. The molecule has 3 rings (SSSR count). The smallest absolute Gasteiger partial charge is 0.409 e. The zero-order valence-electron chi connectivity index (χ0n) is 11.7. The molecule has 106 valence electrons. The molecule has 0 radical (unpaired) electrons. The predicted molar refractivity (Wildman–Crippen MR) is 76.8 cm³/mol. The van der Waals surface area contributed by atoms with Crippen LogP contribution in [0.5, 0.6) is 0 Å². The molecule has 1 fully saturated rings. The normalized spacial score (nSPS) is 19.2. The quantitative estimate of drug-likeness (QED) is 0.836. The molecule has 1 aromatic carbocycles. The molecule has 1 atom stereocenters. The van der Waals surface area contributed by atoms with Crippen molar-refractivity contribution in [3.8, 4) is 0 Å². The lowest BCUT2D eigenvalue weighted by atomic mass is 9.96. The highest BCUT2D eigenvalue weighted by Crippen LogP contribution is 2.31. The van der Waals surface area contributed by atoms with E-state index < -0.39 is 0 Å². The fourth-order valence-electron chi connectivity index (χ4n) is 2.79. The van der Waals surface area contributed by atoms with Crippen molar-refractivity contribution >= 4 is 17.1 Å². The minimum atomic E-state index is -0.215. The number of likely N-dealkylation sites (tertiary alicyclic amines) is 1. The zero-order valence-corrected chi connectivity index (χ0v) is 11.7. The lowest BCUT2D eigenvalue weighted by Gasteiger charge is -2.30. The van der Waals surface area contributed by atoms with E-state index in [1.54, 1.807) is 4.90 Å². The number of fused-ring (bicyclic) bond motifs is 1. The Hall–Kier alpha value is -1.97. The number of furan rings is 1. The first-order valence-corrected chi connectivity index (χ1v) is 7.18. The van der Waals surface area contributed by atoms with Crippen LogP contribution in [0.3, 0.4) is 0 Å². The molecule has 4 heteroatoms. The molecule has 0 N–H and O–H groups in total. The number of nitrogens with zero attached hydrogens (tertiary/aromatic N) is 1. The number of piperidine rings is 1. The molecule has 20 heavy (non-hydrogen) atoms. The number of para-hydroxylation sites is 1. The molecule has 4 nitrogen and oxygen atoms in total. The number of carbonyl (C=O) groups is 1. The molecule has 1 aromatic heterocycles. The van der Waals surface area contributed by atoms with Crippen molar-refractivity contribution in [1.29, 1.82) is 0 Å². The first-order chi connectivity index (χ1) is 9.78. The van der Waals surface area contributed by atoms with Crippen LogP contribution in [0.15, 0.2) is 34.7 Å². The van der Waals surface area contributed by atoms with E-state index in [4.69, 9.17) is 9.15 Å². The number of ether oxygens (including phenoxy) is 1. The largest absolute Gasteiger partial charge is 0.461 e. The van der Waals surface area contributed by atoms with E-state index in [1.165, 1.54) is 0 Å². The van der Waals surface area contributed by atoms with Gasteiger partial charge in [0.25, 0.3) is 0 Å². The van der Waals surface area contributed by atoms with Crippen molar-refractivity contribution in [2.24, 2.45) is 0 Å². The highest BCUT2D eigenvalue weighted by molar-refractivity contribution is 5.77. The van der Waals surface area contributed by atoms with Crippen LogP contribution in [0.25, 0.3) is 11.0 Å². The zero-order chi connectivity index (χ0) is 13.9. The molecule has 2 heterocycles. The first-order valence-electron chi connectivity index (χ1n) is 7.18. The monoisotopic (exact) mass is 273 g/mol. The van der Waals surface area contributed by atoms with Crippen molar-refractivity contribution in [3.63, 3.8) is 0 Å². The molecule has 1 aliphatic rings. The van der Waals surface area contributed by atoms with Gasteiger partial charge in [-0.05, 0) is 31.9 Å². The minimum absolute atomic E-state index is 0.215. The average molecular weight is 273 g/mol. The van der Waals surface area contributed by atoms with Crippen LogP contribution < -0.4 is 0 Å². The Morgan fingerprint density at radius 1 is 1.45 bits per heavy atom. The SMILES string of the molecule is CCOC(=O)N1CCCC(c2cc3ccccc3o2)C1. The summed E-state index contributed by atoms with van der Waals surface area (Å²) in [7, 11) is 0. The maximum absolute atomic E-state index is 11.8. The number of hydrogen-bond acceptors (Lipinski definition) is 3. The van der Waals surface area contributed by atoms with Gasteiger partial charge in [-0.3, -0.25) is 0 Å². The highest BCUT2D eigenvalue weighted by atomic mass is 16.6. The van der Waals surface area contributed by atoms with Crippen LogP contribution in [-0.4, -0.2) is 30.7 Å². The molecule has 1 saturated heterocycles. The number of rotatable bonds is 2. The van der Waals surface area contributed by atoms with Crippen molar-refractivity contribution in [2.45, 2.75) is 25.7 Å². The summed E-state index contributed by atoms with van der Waals surface area (Å²) in [5.74, 6) is 1.24. The van der Waals surface area contributed by atoms with Gasteiger partial charge in [0.15, 0.2) is 0 Å². The van der Waals surface area contributed by atoms with Gasteiger partial charge in [-0.1, -0.05) is 18.2 Å². The number of hydrogen-bond donors (Lipinski definition) is 0. The van der Waals surface area contributed by atoms with Gasteiger partial charge in [-0.25, -0.2) is 4.79 Å². The Morgan fingerprint density at radius 2 is 2.30 bits per heavy atom. The van der Waals surface area contributed by atoms with Gasteiger partial charge in [0.2, 0.25) is 0 Å². The van der Waals surface area contributed by atoms with Gasteiger partial charge >= 0.3 is 6.09 Å². The van der Waals surface area contributed by atoms with E-state index in [2.05, 4.69) is 6.07 Å².